The van der Waals surface area contributed by atoms with Crippen molar-refractivity contribution in [3.63, 3.8) is 0 Å². The van der Waals surface area contributed by atoms with Gasteiger partial charge in [-0.15, -0.1) is 0 Å². The molecule has 0 spiro atoms. The molecule has 1 saturated heterocycles. The second-order valence-corrected chi connectivity index (χ2v) is 5.94. The molecule has 1 heterocycles. The van der Waals surface area contributed by atoms with E-state index in [9.17, 15) is 9.59 Å². The first-order valence-electron chi connectivity index (χ1n) is 7.16. The lowest BCUT2D eigenvalue weighted by atomic mass is 9.70. The Bertz CT molecular complexity index is 490. The lowest BCUT2D eigenvalue weighted by Gasteiger charge is -2.43. The highest BCUT2D eigenvalue weighted by atomic mass is 16.6. The molecule has 5 nitrogen and oxygen atoms in total. The van der Waals surface area contributed by atoms with Gasteiger partial charge >= 0.3 is 11.9 Å². The van der Waals surface area contributed by atoms with Gasteiger partial charge in [0.05, 0.1) is 11.2 Å². The summed E-state index contributed by atoms with van der Waals surface area (Å²) in [7, 11) is 1.66. The Hall–Kier alpha value is -1.36. The van der Waals surface area contributed by atoms with E-state index in [0.29, 0.717) is 5.57 Å². The van der Waals surface area contributed by atoms with Crippen LogP contribution in [-0.4, -0.2) is 36.4 Å². The fourth-order valence-corrected chi connectivity index (χ4v) is 4.08. The highest BCUT2D eigenvalue weighted by Crippen LogP contribution is 2.57. The van der Waals surface area contributed by atoms with Gasteiger partial charge < -0.3 is 14.2 Å². The van der Waals surface area contributed by atoms with Crippen LogP contribution < -0.4 is 0 Å². The molecule has 3 aliphatic rings. The number of carbonyl (C=O) groups excluding carboxylic acids is 2. The molecular formula is C15H20O5. The minimum Gasteiger partial charge on any atom is -0.454 e. The lowest BCUT2D eigenvalue weighted by Crippen LogP contribution is -2.52. The molecule has 0 aromatic carbocycles. The number of rotatable bonds is 3. The highest BCUT2D eigenvalue weighted by Gasteiger charge is 2.67. The maximum Gasteiger partial charge on any atom is 0.338 e. The molecule has 0 N–H and O–H groups in total. The van der Waals surface area contributed by atoms with Crippen LogP contribution in [0.3, 0.4) is 0 Å². The monoisotopic (exact) mass is 280 g/mol. The summed E-state index contributed by atoms with van der Waals surface area (Å²) in [4.78, 5) is 23.7. The topological polar surface area (TPSA) is 61.8 Å². The smallest absolute Gasteiger partial charge is 0.338 e. The van der Waals surface area contributed by atoms with E-state index in [2.05, 4.69) is 0 Å². The number of hydrogen-bond donors (Lipinski definition) is 0. The SMILES string of the molecule is CC[C@@]1(OC)C=C2C(=O)O[C@@H]3CC[C@H](C1)[C@]23OC(C)=O. The van der Waals surface area contributed by atoms with Gasteiger partial charge in [0.1, 0.15) is 6.10 Å². The molecular weight excluding hydrogens is 260 g/mol. The van der Waals surface area contributed by atoms with Crippen molar-refractivity contribution in [2.45, 2.75) is 56.8 Å². The van der Waals surface area contributed by atoms with Gasteiger partial charge in [0, 0.05) is 20.0 Å². The predicted molar refractivity (Wildman–Crippen MR) is 69.8 cm³/mol. The molecule has 3 rings (SSSR count). The molecule has 1 aliphatic heterocycles. The molecule has 5 heteroatoms. The van der Waals surface area contributed by atoms with Crippen molar-refractivity contribution in [2.75, 3.05) is 7.11 Å². The number of hydrogen-bond acceptors (Lipinski definition) is 5. The molecule has 1 saturated carbocycles. The van der Waals surface area contributed by atoms with Gasteiger partial charge in [-0.2, -0.15) is 0 Å². The van der Waals surface area contributed by atoms with Crippen LogP contribution in [0.1, 0.15) is 39.5 Å². The van der Waals surface area contributed by atoms with Crippen molar-refractivity contribution < 1.29 is 23.8 Å². The summed E-state index contributed by atoms with van der Waals surface area (Å²) in [5, 5.41) is 0. The van der Waals surface area contributed by atoms with Crippen molar-refractivity contribution in [1.29, 1.82) is 0 Å². The Labute approximate surface area is 118 Å². The first-order valence-corrected chi connectivity index (χ1v) is 7.16. The van der Waals surface area contributed by atoms with Gasteiger partial charge in [0.2, 0.25) is 0 Å². The zero-order valence-corrected chi connectivity index (χ0v) is 12.1. The summed E-state index contributed by atoms with van der Waals surface area (Å²) in [5.74, 6) is -0.647. The average molecular weight is 280 g/mol. The normalized spacial score (nSPS) is 42.0. The van der Waals surface area contributed by atoms with Crippen molar-refractivity contribution in [2.24, 2.45) is 5.92 Å². The number of methoxy groups -OCH3 is 1. The Morgan fingerprint density at radius 3 is 2.85 bits per heavy atom. The van der Waals surface area contributed by atoms with Crippen LogP contribution in [-0.2, 0) is 23.8 Å². The van der Waals surface area contributed by atoms with E-state index in [1.54, 1.807) is 7.11 Å². The predicted octanol–water partition coefficient (Wildman–Crippen LogP) is 1.75. The van der Waals surface area contributed by atoms with Crippen molar-refractivity contribution in [3.05, 3.63) is 11.6 Å². The first-order chi connectivity index (χ1) is 9.47. The van der Waals surface area contributed by atoms with Crippen LogP contribution in [0.4, 0.5) is 0 Å². The summed E-state index contributed by atoms with van der Waals surface area (Å²) in [6.45, 7) is 3.42. The van der Waals surface area contributed by atoms with Gasteiger partial charge in [0.15, 0.2) is 5.60 Å². The van der Waals surface area contributed by atoms with Crippen LogP contribution >= 0.6 is 0 Å². The van der Waals surface area contributed by atoms with Gasteiger partial charge in [0.25, 0.3) is 0 Å². The van der Waals surface area contributed by atoms with E-state index in [0.717, 1.165) is 25.7 Å². The molecule has 2 aliphatic carbocycles. The molecule has 0 radical (unpaired) electrons. The number of esters is 2. The standard InChI is InChI=1S/C15H20O5/c1-4-14(18-3)7-10-5-6-12-15(10,20-9(2)16)11(8-14)13(17)19-12/h8,10,12H,4-7H2,1-3H3/t10-,12-,14+,15+/m1/s1. The summed E-state index contributed by atoms with van der Waals surface area (Å²) in [6.07, 6.45) is 4.65. The molecule has 110 valence electrons. The van der Waals surface area contributed by atoms with Crippen LogP contribution in [0.2, 0.25) is 0 Å². The lowest BCUT2D eigenvalue weighted by molar-refractivity contribution is -0.166. The van der Waals surface area contributed by atoms with Crippen molar-refractivity contribution >= 4 is 11.9 Å². The third kappa shape index (κ3) is 1.59. The second kappa shape index (κ2) is 4.32. The van der Waals surface area contributed by atoms with Crippen LogP contribution in [0.5, 0.6) is 0 Å². The highest BCUT2D eigenvalue weighted by molar-refractivity contribution is 5.95. The molecule has 20 heavy (non-hydrogen) atoms. The van der Waals surface area contributed by atoms with Gasteiger partial charge in [-0.3, -0.25) is 4.79 Å². The fraction of sp³-hybridized carbons (Fsp3) is 0.733. The number of ether oxygens (including phenoxy) is 3. The second-order valence-electron chi connectivity index (χ2n) is 5.94. The third-order valence-corrected chi connectivity index (χ3v) is 5.07. The van der Waals surface area contributed by atoms with Crippen molar-refractivity contribution in [3.8, 4) is 0 Å². The molecule has 0 amide bonds. The van der Waals surface area contributed by atoms with E-state index in [4.69, 9.17) is 14.2 Å². The van der Waals surface area contributed by atoms with E-state index in [-0.39, 0.29) is 24.0 Å². The Balaban J connectivity index is 2.13. The minimum atomic E-state index is -0.875. The van der Waals surface area contributed by atoms with Gasteiger partial charge in [-0.1, -0.05) is 6.92 Å². The van der Waals surface area contributed by atoms with Gasteiger partial charge in [-0.25, -0.2) is 4.79 Å². The summed E-state index contributed by atoms with van der Waals surface area (Å²) >= 11 is 0. The van der Waals surface area contributed by atoms with Crippen molar-refractivity contribution in [1.82, 2.24) is 0 Å². The maximum absolute atomic E-state index is 12.2. The first kappa shape index (κ1) is 13.6. The minimum absolute atomic E-state index is 0.0859. The zero-order chi connectivity index (χ0) is 14.5. The molecule has 0 unspecified atom stereocenters. The van der Waals surface area contributed by atoms with E-state index in [1.165, 1.54) is 6.92 Å². The maximum atomic E-state index is 12.2. The molecule has 0 aromatic rings. The quantitative estimate of drug-likeness (QED) is 0.737. The van der Waals surface area contributed by atoms with E-state index >= 15 is 0 Å². The summed E-state index contributed by atoms with van der Waals surface area (Å²) in [6, 6.07) is 0. The molecule has 0 bridgehead atoms. The van der Waals surface area contributed by atoms with Crippen LogP contribution in [0.15, 0.2) is 11.6 Å². The molecule has 2 fully saturated rings. The van der Waals surface area contributed by atoms with E-state index in [1.807, 2.05) is 13.0 Å². The zero-order valence-electron chi connectivity index (χ0n) is 12.1. The third-order valence-electron chi connectivity index (χ3n) is 5.07. The van der Waals surface area contributed by atoms with Crippen LogP contribution in [0, 0.1) is 5.92 Å². The molecule has 4 atom stereocenters. The average Bonchev–Trinajstić information content (AvgIpc) is 2.88. The Kier molecular flexibility index (Phi) is 2.94. The van der Waals surface area contributed by atoms with Crippen LogP contribution in [0.25, 0.3) is 0 Å². The Morgan fingerprint density at radius 2 is 2.25 bits per heavy atom. The largest absolute Gasteiger partial charge is 0.454 e. The summed E-state index contributed by atoms with van der Waals surface area (Å²) < 4.78 is 16.7. The number of carbonyl (C=O) groups is 2. The summed E-state index contributed by atoms with van der Waals surface area (Å²) in [5.41, 5.74) is -0.850. The van der Waals surface area contributed by atoms with Gasteiger partial charge in [-0.05, 0) is 31.8 Å². The molecule has 0 aromatic heterocycles. The fourth-order valence-electron chi connectivity index (χ4n) is 4.08. The van der Waals surface area contributed by atoms with E-state index < -0.39 is 11.2 Å². The Morgan fingerprint density at radius 1 is 1.50 bits per heavy atom.